The highest BCUT2D eigenvalue weighted by Gasteiger charge is 2.23. The van der Waals surface area contributed by atoms with Crippen molar-refractivity contribution in [1.29, 1.82) is 5.41 Å². The van der Waals surface area contributed by atoms with E-state index in [2.05, 4.69) is 29.0 Å². The van der Waals surface area contributed by atoms with E-state index in [1.807, 2.05) is 18.7 Å². The van der Waals surface area contributed by atoms with Gasteiger partial charge in [-0.25, -0.2) is 0 Å². The van der Waals surface area contributed by atoms with Crippen LogP contribution in [0.1, 0.15) is 24.1 Å². The van der Waals surface area contributed by atoms with Crippen LogP contribution in [-0.4, -0.2) is 54.2 Å². The highest BCUT2D eigenvalue weighted by Crippen LogP contribution is 2.25. The summed E-state index contributed by atoms with van der Waals surface area (Å²) in [6.45, 7) is 5.24. The number of amidine groups is 1. The molecule has 0 saturated carbocycles. The lowest BCUT2D eigenvalue weighted by molar-refractivity contribution is 0.222. The number of hydrogen-bond donors (Lipinski definition) is 2. The predicted molar refractivity (Wildman–Crippen MR) is 82.5 cm³/mol. The monoisotopic (exact) mass is 278 g/mol. The number of rotatable bonds is 4. The van der Waals surface area contributed by atoms with Crippen LogP contribution in [0.3, 0.4) is 0 Å². The number of anilines is 1. The zero-order chi connectivity index (χ0) is 14.9. The van der Waals surface area contributed by atoms with Crippen LogP contribution in [0.2, 0.25) is 0 Å². The average Bonchev–Trinajstić information content (AvgIpc) is 2.67. The molecule has 6 heteroatoms. The molecule has 0 amide bonds. The molecule has 1 aromatic heterocycles. The first kappa shape index (κ1) is 14.8. The fourth-order valence-corrected chi connectivity index (χ4v) is 3.12. The Balaban J connectivity index is 2.13. The maximum absolute atomic E-state index is 7.76. The van der Waals surface area contributed by atoms with E-state index in [0.717, 1.165) is 23.6 Å². The Labute approximate surface area is 121 Å². The number of aromatic nitrogens is 2. The Morgan fingerprint density at radius 3 is 2.55 bits per heavy atom. The van der Waals surface area contributed by atoms with Crippen molar-refractivity contribution in [3.8, 4) is 0 Å². The van der Waals surface area contributed by atoms with Gasteiger partial charge in [0.2, 0.25) is 0 Å². The third-order valence-corrected chi connectivity index (χ3v) is 4.19. The number of piperidine rings is 1. The summed E-state index contributed by atoms with van der Waals surface area (Å²) in [7, 11) is 6.17. The van der Waals surface area contributed by atoms with E-state index < -0.39 is 0 Å². The lowest BCUT2D eigenvalue weighted by Crippen LogP contribution is -2.36. The SMILES string of the molecule is Cc1nn(C)c(N(C)CC2CCN(C)CC2)c1C(=N)N. The molecule has 3 N–H and O–H groups in total. The Kier molecular flexibility index (Phi) is 4.32. The molecule has 0 aliphatic carbocycles. The molecule has 0 spiro atoms. The highest BCUT2D eigenvalue weighted by molar-refractivity contribution is 6.00. The van der Waals surface area contributed by atoms with Gasteiger partial charge in [-0.15, -0.1) is 0 Å². The van der Waals surface area contributed by atoms with Crippen molar-refractivity contribution in [3.63, 3.8) is 0 Å². The van der Waals surface area contributed by atoms with Gasteiger partial charge in [-0.2, -0.15) is 5.10 Å². The fraction of sp³-hybridized carbons (Fsp3) is 0.714. The Morgan fingerprint density at radius 1 is 1.40 bits per heavy atom. The standard InChI is InChI=1S/C14H26N6/c1-10-12(13(15)16)14(20(4)17-10)19(3)9-11-5-7-18(2)8-6-11/h11H,5-9H2,1-4H3,(H3,15,16). The minimum Gasteiger partial charge on any atom is -0.384 e. The van der Waals surface area contributed by atoms with Crippen LogP contribution in [0.25, 0.3) is 0 Å². The number of nitrogens with one attached hydrogen (secondary N) is 1. The molecule has 6 nitrogen and oxygen atoms in total. The van der Waals surface area contributed by atoms with Crippen LogP contribution in [0, 0.1) is 18.3 Å². The van der Waals surface area contributed by atoms with Crippen molar-refractivity contribution >= 4 is 11.7 Å². The highest BCUT2D eigenvalue weighted by atomic mass is 15.4. The van der Waals surface area contributed by atoms with Gasteiger partial charge in [-0.3, -0.25) is 10.1 Å². The number of nitrogens with zero attached hydrogens (tertiary/aromatic N) is 4. The van der Waals surface area contributed by atoms with Gasteiger partial charge in [-0.1, -0.05) is 0 Å². The third kappa shape index (κ3) is 2.95. The van der Waals surface area contributed by atoms with Crippen LogP contribution in [-0.2, 0) is 7.05 Å². The molecular formula is C14H26N6. The topological polar surface area (TPSA) is 74.2 Å². The maximum Gasteiger partial charge on any atom is 0.137 e. The van der Waals surface area contributed by atoms with Crippen LogP contribution < -0.4 is 10.6 Å². The maximum atomic E-state index is 7.76. The molecule has 20 heavy (non-hydrogen) atoms. The minimum absolute atomic E-state index is 0.0980. The summed E-state index contributed by atoms with van der Waals surface area (Å²) in [4.78, 5) is 4.58. The molecule has 112 valence electrons. The Bertz CT molecular complexity index is 484. The molecule has 1 fully saturated rings. The van der Waals surface area contributed by atoms with E-state index in [-0.39, 0.29) is 5.84 Å². The van der Waals surface area contributed by atoms with Crippen molar-refractivity contribution in [2.24, 2.45) is 18.7 Å². The molecule has 1 saturated heterocycles. The smallest absolute Gasteiger partial charge is 0.137 e. The molecular weight excluding hydrogens is 252 g/mol. The largest absolute Gasteiger partial charge is 0.384 e. The number of nitrogen functional groups attached to an aromatic ring is 1. The molecule has 0 bridgehead atoms. The summed E-state index contributed by atoms with van der Waals surface area (Å²) in [6.07, 6.45) is 2.46. The zero-order valence-corrected chi connectivity index (χ0v) is 13.0. The predicted octanol–water partition coefficient (Wildman–Crippen LogP) is 0.791. The van der Waals surface area contributed by atoms with Crippen LogP contribution in [0.15, 0.2) is 0 Å². The second kappa shape index (κ2) is 5.83. The van der Waals surface area contributed by atoms with Gasteiger partial charge >= 0.3 is 0 Å². The molecule has 1 aliphatic rings. The van der Waals surface area contributed by atoms with Gasteiger partial charge in [0.25, 0.3) is 0 Å². The number of likely N-dealkylation sites (tertiary alicyclic amines) is 1. The summed E-state index contributed by atoms with van der Waals surface area (Å²) < 4.78 is 1.83. The second-order valence-corrected chi connectivity index (χ2v) is 5.95. The number of nitrogens with two attached hydrogens (primary N) is 1. The molecule has 2 heterocycles. The second-order valence-electron chi connectivity index (χ2n) is 5.95. The summed E-state index contributed by atoms with van der Waals surface area (Å²) in [5.41, 5.74) is 7.31. The Morgan fingerprint density at radius 2 is 2.00 bits per heavy atom. The van der Waals surface area contributed by atoms with Crippen LogP contribution in [0.5, 0.6) is 0 Å². The average molecular weight is 278 g/mol. The number of aryl methyl sites for hydroxylation is 2. The third-order valence-electron chi connectivity index (χ3n) is 4.19. The van der Waals surface area contributed by atoms with Crippen molar-refractivity contribution in [2.75, 3.05) is 38.6 Å². The van der Waals surface area contributed by atoms with Crippen molar-refractivity contribution in [2.45, 2.75) is 19.8 Å². The summed E-state index contributed by atoms with van der Waals surface area (Å²) >= 11 is 0. The fourth-order valence-electron chi connectivity index (χ4n) is 3.12. The summed E-state index contributed by atoms with van der Waals surface area (Å²) in [5.74, 6) is 1.75. The van der Waals surface area contributed by atoms with Gasteiger partial charge < -0.3 is 15.5 Å². The lowest BCUT2D eigenvalue weighted by Gasteiger charge is -2.32. The summed E-state index contributed by atoms with van der Waals surface area (Å²) in [6, 6.07) is 0. The molecule has 0 radical (unpaired) electrons. The minimum atomic E-state index is 0.0980. The van der Waals surface area contributed by atoms with Gasteiger partial charge in [0, 0.05) is 20.6 Å². The molecule has 2 rings (SSSR count). The normalized spacial score (nSPS) is 17.4. The van der Waals surface area contributed by atoms with Crippen molar-refractivity contribution in [1.82, 2.24) is 14.7 Å². The zero-order valence-electron chi connectivity index (χ0n) is 13.0. The first-order chi connectivity index (χ1) is 9.40. The van der Waals surface area contributed by atoms with Crippen LogP contribution >= 0.6 is 0 Å². The number of hydrogen-bond acceptors (Lipinski definition) is 4. The first-order valence-corrected chi connectivity index (χ1v) is 7.17. The molecule has 1 aromatic rings. The van der Waals surface area contributed by atoms with Crippen molar-refractivity contribution in [3.05, 3.63) is 11.3 Å². The molecule has 0 atom stereocenters. The van der Waals surface area contributed by atoms with Gasteiger partial charge in [0.1, 0.15) is 11.7 Å². The Hall–Kier alpha value is -1.56. The van der Waals surface area contributed by atoms with Gasteiger partial charge in [0.05, 0.1) is 11.3 Å². The summed E-state index contributed by atoms with van der Waals surface area (Å²) in [5, 5.41) is 12.2. The molecule has 0 aromatic carbocycles. The van der Waals surface area contributed by atoms with Crippen molar-refractivity contribution < 1.29 is 0 Å². The van der Waals surface area contributed by atoms with Gasteiger partial charge in [0.15, 0.2) is 0 Å². The van der Waals surface area contributed by atoms with E-state index in [9.17, 15) is 0 Å². The first-order valence-electron chi connectivity index (χ1n) is 7.17. The van der Waals surface area contributed by atoms with E-state index in [4.69, 9.17) is 11.1 Å². The van der Waals surface area contributed by atoms with E-state index >= 15 is 0 Å². The van der Waals surface area contributed by atoms with Crippen LogP contribution in [0.4, 0.5) is 5.82 Å². The quantitative estimate of drug-likeness (QED) is 0.631. The van der Waals surface area contributed by atoms with Gasteiger partial charge in [-0.05, 0) is 45.8 Å². The molecule has 0 unspecified atom stereocenters. The van der Waals surface area contributed by atoms with E-state index in [1.54, 1.807) is 0 Å². The van der Waals surface area contributed by atoms with E-state index in [1.165, 1.54) is 25.9 Å². The molecule has 1 aliphatic heterocycles. The lowest BCUT2D eigenvalue weighted by atomic mass is 9.96. The van der Waals surface area contributed by atoms with E-state index in [0.29, 0.717) is 5.92 Å².